The van der Waals surface area contributed by atoms with Gasteiger partial charge < -0.3 is 14.2 Å². The molecule has 2 aromatic heterocycles. The van der Waals surface area contributed by atoms with Gasteiger partial charge in [0.2, 0.25) is 0 Å². The van der Waals surface area contributed by atoms with E-state index in [-0.39, 0.29) is 0 Å². The highest BCUT2D eigenvalue weighted by molar-refractivity contribution is 5.89. The van der Waals surface area contributed by atoms with E-state index in [1.807, 2.05) is 25.1 Å². The van der Waals surface area contributed by atoms with E-state index in [1.165, 1.54) is 0 Å². The van der Waals surface area contributed by atoms with E-state index in [1.54, 1.807) is 6.92 Å². The predicted octanol–water partition coefficient (Wildman–Crippen LogP) is 2.32. The fourth-order valence-electron chi connectivity index (χ4n) is 1.79. The summed E-state index contributed by atoms with van der Waals surface area (Å²) in [6.07, 6.45) is 0. The molecule has 0 spiro atoms. The number of hydrogen-bond acceptors (Lipinski definition) is 5. The van der Waals surface area contributed by atoms with E-state index in [0.717, 1.165) is 16.6 Å². The van der Waals surface area contributed by atoms with Gasteiger partial charge in [-0.1, -0.05) is 11.2 Å². The van der Waals surface area contributed by atoms with Crippen LogP contribution in [0.25, 0.3) is 22.5 Å². The molecule has 1 N–H and O–H groups in total. The van der Waals surface area contributed by atoms with Crippen LogP contribution in [0.2, 0.25) is 0 Å². The number of para-hydroxylation sites is 1. The van der Waals surface area contributed by atoms with Crippen LogP contribution in [-0.4, -0.2) is 26.7 Å². The molecule has 0 atom stereocenters. The van der Waals surface area contributed by atoms with Crippen molar-refractivity contribution in [2.75, 3.05) is 6.61 Å². The standard InChI is InChI=1S/C12H12N4O2/c1-3-17-12-14-9-6-4-5-8(10(9)15-12)11-13-7(2)16-18-11/h4-6H,3H2,1-2H3,(H,14,15). The third-order valence-corrected chi connectivity index (χ3v) is 2.53. The molecule has 3 aromatic rings. The number of aromatic nitrogens is 4. The van der Waals surface area contributed by atoms with Gasteiger partial charge in [0.1, 0.15) is 5.52 Å². The van der Waals surface area contributed by atoms with Gasteiger partial charge >= 0.3 is 0 Å². The smallest absolute Gasteiger partial charge is 0.294 e. The summed E-state index contributed by atoms with van der Waals surface area (Å²) in [6.45, 7) is 4.26. The number of benzene rings is 1. The molecule has 2 heterocycles. The molecule has 0 fully saturated rings. The molecule has 0 bridgehead atoms. The molecule has 0 aliphatic heterocycles. The second-order valence-electron chi connectivity index (χ2n) is 3.82. The van der Waals surface area contributed by atoms with Crippen molar-refractivity contribution in [3.8, 4) is 17.5 Å². The van der Waals surface area contributed by atoms with Gasteiger partial charge in [0.15, 0.2) is 5.82 Å². The molecule has 18 heavy (non-hydrogen) atoms. The summed E-state index contributed by atoms with van der Waals surface area (Å²) in [5, 5.41) is 3.79. The Morgan fingerprint density at radius 1 is 1.33 bits per heavy atom. The minimum Gasteiger partial charge on any atom is -0.465 e. The normalized spacial score (nSPS) is 11.0. The third kappa shape index (κ3) is 1.71. The second kappa shape index (κ2) is 4.14. The fourth-order valence-corrected chi connectivity index (χ4v) is 1.79. The molecule has 0 radical (unpaired) electrons. The quantitative estimate of drug-likeness (QED) is 0.765. The predicted molar refractivity (Wildman–Crippen MR) is 65.3 cm³/mol. The zero-order chi connectivity index (χ0) is 12.5. The number of nitrogens with zero attached hydrogens (tertiary/aromatic N) is 3. The minimum absolute atomic E-state index is 0.465. The van der Waals surface area contributed by atoms with Gasteiger partial charge in [-0.3, -0.25) is 0 Å². The van der Waals surface area contributed by atoms with E-state index in [9.17, 15) is 0 Å². The maximum absolute atomic E-state index is 5.35. The van der Waals surface area contributed by atoms with Crippen molar-refractivity contribution in [1.82, 2.24) is 20.1 Å². The summed E-state index contributed by atoms with van der Waals surface area (Å²) in [6, 6.07) is 6.23. The number of H-pyrrole nitrogens is 1. The molecular formula is C12H12N4O2. The Morgan fingerprint density at radius 2 is 2.22 bits per heavy atom. The fraction of sp³-hybridized carbons (Fsp3) is 0.250. The first kappa shape index (κ1) is 10.8. The van der Waals surface area contributed by atoms with Crippen LogP contribution in [0.3, 0.4) is 0 Å². The molecule has 0 unspecified atom stereocenters. The number of fused-ring (bicyclic) bond motifs is 1. The molecule has 3 rings (SSSR count). The van der Waals surface area contributed by atoms with Gasteiger partial charge in [0.25, 0.3) is 11.9 Å². The van der Waals surface area contributed by atoms with Gasteiger partial charge in [0.05, 0.1) is 17.7 Å². The Kier molecular flexibility index (Phi) is 2.47. The number of aromatic amines is 1. The molecule has 0 saturated heterocycles. The summed E-state index contributed by atoms with van der Waals surface area (Å²) >= 11 is 0. The van der Waals surface area contributed by atoms with Crippen molar-refractivity contribution in [1.29, 1.82) is 0 Å². The van der Waals surface area contributed by atoms with Crippen LogP contribution in [0, 0.1) is 6.92 Å². The van der Waals surface area contributed by atoms with Crippen LogP contribution in [0.4, 0.5) is 0 Å². The Bertz CT molecular complexity index is 686. The molecule has 6 nitrogen and oxygen atoms in total. The summed E-state index contributed by atoms with van der Waals surface area (Å²) < 4.78 is 10.5. The number of hydrogen-bond donors (Lipinski definition) is 1. The molecule has 0 saturated carbocycles. The first-order valence-electron chi connectivity index (χ1n) is 5.70. The summed E-state index contributed by atoms with van der Waals surface area (Å²) in [5.74, 6) is 1.07. The van der Waals surface area contributed by atoms with Crippen LogP contribution in [0.1, 0.15) is 12.7 Å². The van der Waals surface area contributed by atoms with Crippen LogP contribution < -0.4 is 4.74 Å². The number of aryl methyl sites for hydroxylation is 1. The van der Waals surface area contributed by atoms with E-state index >= 15 is 0 Å². The zero-order valence-corrected chi connectivity index (χ0v) is 10.1. The molecule has 92 valence electrons. The highest BCUT2D eigenvalue weighted by Crippen LogP contribution is 2.27. The van der Waals surface area contributed by atoms with Gasteiger partial charge in [-0.05, 0) is 26.0 Å². The maximum atomic E-state index is 5.35. The highest BCUT2D eigenvalue weighted by Gasteiger charge is 2.13. The summed E-state index contributed by atoms with van der Waals surface area (Å²) in [7, 11) is 0. The zero-order valence-electron chi connectivity index (χ0n) is 10.1. The summed E-state index contributed by atoms with van der Waals surface area (Å²) in [4.78, 5) is 11.7. The highest BCUT2D eigenvalue weighted by atomic mass is 16.5. The molecule has 1 aromatic carbocycles. The van der Waals surface area contributed by atoms with E-state index in [0.29, 0.717) is 24.3 Å². The Morgan fingerprint density at radius 3 is 2.94 bits per heavy atom. The minimum atomic E-state index is 0.465. The average molecular weight is 244 g/mol. The lowest BCUT2D eigenvalue weighted by Crippen LogP contribution is -1.92. The largest absolute Gasteiger partial charge is 0.465 e. The molecular weight excluding hydrogens is 232 g/mol. The van der Waals surface area contributed by atoms with Crippen LogP contribution in [0.15, 0.2) is 22.7 Å². The van der Waals surface area contributed by atoms with Crippen molar-refractivity contribution >= 4 is 11.0 Å². The van der Waals surface area contributed by atoms with E-state index < -0.39 is 0 Å². The molecule has 6 heteroatoms. The number of imidazole rings is 1. The van der Waals surface area contributed by atoms with Crippen molar-refractivity contribution in [3.05, 3.63) is 24.0 Å². The number of rotatable bonds is 3. The maximum Gasteiger partial charge on any atom is 0.294 e. The Labute approximate surface area is 103 Å². The summed E-state index contributed by atoms with van der Waals surface area (Å²) in [5.41, 5.74) is 2.45. The lowest BCUT2D eigenvalue weighted by Gasteiger charge is -1.94. The topological polar surface area (TPSA) is 76.8 Å². The van der Waals surface area contributed by atoms with Gasteiger partial charge in [-0.2, -0.15) is 9.97 Å². The Balaban J connectivity index is 2.17. The number of ether oxygens (including phenoxy) is 1. The van der Waals surface area contributed by atoms with Crippen LogP contribution in [0.5, 0.6) is 6.01 Å². The first-order valence-corrected chi connectivity index (χ1v) is 5.70. The van der Waals surface area contributed by atoms with Crippen LogP contribution >= 0.6 is 0 Å². The monoisotopic (exact) mass is 244 g/mol. The SMILES string of the molecule is CCOc1nc2c(-c3nc(C)no3)cccc2[nH]1. The van der Waals surface area contributed by atoms with Gasteiger partial charge in [-0.15, -0.1) is 0 Å². The molecule has 0 aliphatic rings. The van der Waals surface area contributed by atoms with Crippen molar-refractivity contribution in [2.45, 2.75) is 13.8 Å². The van der Waals surface area contributed by atoms with Crippen molar-refractivity contribution < 1.29 is 9.26 Å². The van der Waals surface area contributed by atoms with Crippen molar-refractivity contribution in [3.63, 3.8) is 0 Å². The third-order valence-electron chi connectivity index (χ3n) is 2.53. The first-order chi connectivity index (χ1) is 8.78. The number of nitrogens with one attached hydrogen (secondary N) is 1. The van der Waals surface area contributed by atoms with Crippen molar-refractivity contribution in [2.24, 2.45) is 0 Å². The van der Waals surface area contributed by atoms with E-state index in [2.05, 4.69) is 20.1 Å². The van der Waals surface area contributed by atoms with Crippen LogP contribution in [-0.2, 0) is 0 Å². The van der Waals surface area contributed by atoms with Gasteiger partial charge in [-0.25, -0.2) is 0 Å². The average Bonchev–Trinajstić information content (AvgIpc) is 2.94. The lowest BCUT2D eigenvalue weighted by atomic mass is 10.2. The second-order valence-corrected chi connectivity index (χ2v) is 3.82. The molecule has 0 aliphatic carbocycles. The Hall–Kier alpha value is -2.37. The van der Waals surface area contributed by atoms with Gasteiger partial charge in [0, 0.05) is 0 Å². The van der Waals surface area contributed by atoms with E-state index in [4.69, 9.17) is 9.26 Å². The molecule has 0 amide bonds. The lowest BCUT2D eigenvalue weighted by molar-refractivity contribution is 0.317.